The zero-order chi connectivity index (χ0) is 10.4. The molecule has 0 aromatic heterocycles. The third kappa shape index (κ3) is 1.67. The highest BCUT2D eigenvalue weighted by atomic mass is 79.9. The van der Waals surface area contributed by atoms with Gasteiger partial charge < -0.3 is 4.90 Å². The van der Waals surface area contributed by atoms with Gasteiger partial charge >= 0.3 is 0 Å². The second kappa shape index (κ2) is 3.49. The Labute approximate surface area is 99.8 Å². The molecule has 1 aromatic rings. The maximum Gasteiger partial charge on any atom is 0.139 e. The van der Waals surface area contributed by atoms with Crippen LogP contribution in [-0.2, 0) is 0 Å². The molecule has 0 spiro atoms. The number of rotatable bonds is 1. The first-order valence-corrected chi connectivity index (χ1v) is 6.30. The molecule has 0 amide bonds. The van der Waals surface area contributed by atoms with Crippen LogP contribution >= 0.6 is 27.9 Å². The van der Waals surface area contributed by atoms with Crippen molar-refractivity contribution in [3.8, 4) is 0 Å². The zero-order valence-electron chi connectivity index (χ0n) is 7.78. The fourth-order valence-corrected chi connectivity index (χ4v) is 2.82. The van der Waals surface area contributed by atoms with Gasteiger partial charge in [-0.05, 0) is 40.9 Å². The largest absolute Gasteiger partial charge is 0.328 e. The summed E-state index contributed by atoms with van der Waals surface area (Å²) in [5, 5.41) is 0. The van der Waals surface area contributed by atoms with Gasteiger partial charge in [0.25, 0.3) is 0 Å². The molecule has 1 aromatic carbocycles. The van der Waals surface area contributed by atoms with Gasteiger partial charge in [-0.25, -0.2) is 8.79 Å². The van der Waals surface area contributed by atoms with Crippen LogP contribution in [0.15, 0.2) is 25.9 Å². The summed E-state index contributed by atoms with van der Waals surface area (Å²) in [6, 6.07) is 3.89. The third-order valence-electron chi connectivity index (χ3n) is 2.54. The van der Waals surface area contributed by atoms with Gasteiger partial charge in [0.2, 0.25) is 0 Å². The maximum atomic E-state index is 13.4. The Kier molecular flexibility index (Phi) is 2.25. The Balaban J connectivity index is 2.08. The molecule has 2 nitrogen and oxygen atoms in total. The molecule has 5 heteroatoms. The van der Waals surface area contributed by atoms with E-state index in [2.05, 4.69) is 25.2 Å². The first-order valence-electron chi connectivity index (χ1n) is 4.73. The summed E-state index contributed by atoms with van der Waals surface area (Å²) in [5.74, 6) is -0.213. The first kappa shape index (κ1) is 9.66. The van der Waals surface area contributed by atoms with Gasteiger partial charge in [-0.15, -0.1) is 0 Å². The average Bonchev–Trinajstić information content (AvgIpc) is 3.02. The summed E-state index contributed by atoms with van der Waals surface area (Å²) in [7, 11) is 0. The molecule has 0 saturated heterocycles. The quantitative estimate of drug-likeness (QED) is 0.733. The summed E-state index contributed by atoms with van der Waals surface area (Å²) >= 11 is 4.58. The van der Waals surface area contributed by atoms with Gasteiger partial charge in [0.15, 0.2) is 0 Å². The van der Waals surface area contributed by atoms with Gasteiger partial charge in [0, 0.05) is 18.0 Å². The summed E-state index contributed by atoms with van der Waals surface area (Å²) in [5.41, 5.74) is 0.943. The molecular formula is C10H8BrFN2S. The van der Waals surface area contributed by atoms with Crippen molar-refractivity contribution in [3.05, 3.63) is 22.4 Å². The summed E-state index contributed by atoms with van der Waals surface area (Å²) in [6.07, 6.45) is 4.15. The van der Waals surface area contributed by atoms with Crippen LogP contribution in [0, 0.1) is 5.82 Å². The van der Waals surface area contributed by atoms with E-state index in [0.717, 1.165) is 10.6 Å². The maximum absolute atomic E-state index is 13.4. The van der Waals surface area contributed by atoms with E-state index >= 15 is 0 Å². The molecule has 3 rings (SSSR count). The molecule has 1 saturated carbocycles. The number of anilines is 1. The predicted octanol–water partition coefficient (Wildman–Crippen LogP) is 3.61. The smallest absolute Gasteiger partial charge is 0.139 e. The molecule has 1 heterocycles. The van der Waals surface area contributed by atoms with Crippen LogP contribution in [-0.4, -0.2) is 12.4 Å². The van der Waals surface area contributed by atoms with Crippen molar-refractivity contribution in [3.63, 3.8) is 0 Å². The van der Waals surface area contributed by atoms with Crippen molar-refractivity contribution >= 4 is 39.9 Å². The van der Waals surface area contributed by atoms with Crippen molar-refractivity contribution in [2.75, 3.05) is 4.90 Å². The molecule has 0 unspecified atom stereocenters. The van der Waals surface area contributed by atoms with Gasteiger partial charge in [-0.1, -0.05) is 0 Å². The van der Waals surface area contributed by atoms with E-state index in [9.17, 15) is 4.39 Å². The van der Waals surface area contributed by atoms with E-state index in [1.165, 1.54) is 24.8 Å². The van der Waals surface area contributed by atoms with Crippen molar-refractivity contribution in [2.24, 2.45) is 4.40 Å². The topological polar surface area (TPSA) is 15.6 Å². The van der Waals surface area contributed by atoms with Crippen LogP contribution < -0.4 is 4.90 Å². The van der Waals surface area contributed by atoms with Gasteiger partial charge in [-0.2, -0.15) is 0 Å². The standard InChI is InChI=1S/C10H8BrFN2S/c11-7-3-10-9(4-8(7)12)14(5-13-15-10)6-1-2-6/h3-6H,1-2H2. The van der Waals surface area contributed by atoms with E-state index < -0.39 is 0 Å². The monoisotopic (exact) mass is 286 g/mol. The molecule has 15 heavy (non-hydrogen) atoms. The van der Waals surface area contributed by atoms with Crippen molar-refractivity contribution < 1.29 is 4.39 Å². The molecule has 0 bridgehead atoms. The van der Waals surface area contributed by atoms with Gasteiger partial charge in [0.1, 0.15) is 12.2 Å². The first-order chi connectivity index (χ1) is 7.25. The SMILES string of the molecule is Fc1cc2c(cc1Br)SN=CN2C1CC1. The molecule has 1 aliphatic heterocycles. The Morgan fingerprint density at radius 1 is 1.47 bits per heavy atom. The van der Waals surface area contributed by atoms with E-state index in [0.29, 0.717) is 10.5 Å². The van der Waals surface area contributed by atoms with Crippen molar-refractivity contribution in [1.29, 1.82) is 0 Å². The normalized spacial score (nSPS) is 19.2. The summed E-state index contributed by atoms with van der Waals surface area (Å²) in [4.78, 5) is 3.08. The van der Waals surface area contributed by atoms with E-state index in [1.54, 1.807) is 18.5 Å². The number of hydrogen-bond acceptors (Lipinski definition) is 3. The minimum Gasteiger partial charge on any atom is -0.328 e. The predicted molar refractivity (Wildman–Crippen MR) is 64.0 cm³/mol. The average molecular weight is 287 g/mol. The highest BCUT2D eigenvalue weighted by Gasteiger charge is 2.31. The van der Waals surface area contributed by atoms with Crippen molar-refractivity contribution in [1.82, 2.24) is 0 Å². The molecule has 1 aliphatic carbocycles. The summed E-state index contributed by atoms with van der Waals surface area (Å²) in [6.45, 7) is 0. The van der Waals surface area contributed by atoms with E-state index in [-0.39, 0.29) is 5.82 Å². The summed E-state index contributed by atoms with van der Waals surface area (Å²) < 4.78 is 18.1. The molecular weight excluding hydrogens is 279 g/mol. The van der Waals surface area contributed by atoms with Crippen molar-refractivity contribution in [2.45, 2.75) is 23.8 Å². The van der Waals surface area contributed by atoms with Crippen LogP contribution in [0.3, 0.4) is 0 Å². The molecule has 0 atom stereocenters. The fraction of sp³-hybridized carbons (Fsp3) is 0.300. The fourth-order valence-electron chi connectivity index (χ4n) is 1.63. The van der Waals surface area contributed by atoms with Crippen LogP contribution in [0.2, 0.25) is 0 Å². The number of benzene rings is 1. The lowest BCUT2D eigenvalue weighted by Crippen LogP contribution is -2.25. The lowest BCUT2D eigenvalue weighted by molar-refractivity contribution is 0.619. The number of fused-ring (bicyclic) bond motifs is 1. The zero-order valence-corrected chi connectivity index (χ0v) is 10.2. The lowest BCUT2D eigenvalue weighted by Gasteiger charge is -2.24. The highest BCUT2D eigenvalue weighted by molar-refractivity contribution is 9.10. The van der Waals surface area contributed by atoms with Crippen LogP contribution in [0.25, 0.3) is 0 Å². The Hall–Kier alpha value is -0.550. The molecule has 0 radical (unpaired) electrons. The van der Waals surface area contributed by atoms with Crippen LogP contribution in [0.4, 0.5) is 10.1 Å². The second-order valence-corrected chi connectivity index (χ2v) is 5.37. The third-order valence-corrected chi connectivity index (χ3v) is 3.87. The Bertz CT molecular complexity index is 445. The minimum atomic E-state index is -0.213. The molecule has 78 valence electrons. The Morgan fingerprint density at radius 3 is 3.00 bits per heavy atom. The highest BCUT2D eigenvalue weighted by Crippen LogP contribution is 2.41. The van der Waals surface area contributed by atoms with Gasteiger partial charge in [-0.3, -0.25) is 0 Å². The number of nitrogens with zero attached hydrogens (tertiary/aromatic N) is 2. The number of halogens is 2. The molecule has 0 N–H and O–H groups in total. The van der Waals surface area contributed by atoms with Crippen LogP contribution in [0.5, 0.6) is 0 Å². The van der Waals surface area contributed by atoms with Gasteiger partial charge in [0.05, 0.1) is 15.1 Å². The van der Waals surface area contributed by atoms with E-state index in [1.807, 2.05) is 0 Å². The Morgan fingerprint density at radius 2 is 2.27 bits per heavy atom. The number of hydrogen-bond donors (Lipinski definition) is 0. The lowest BCUT2D eigenvalue weighted by atomic mass is 10.3. The molecule has 1 fully saturated rings. The molecule has 2 aliphatic rings. The van der Waals surface area contributed by atoms with E-state index in [4.69, 9.17) is 0 Å². The van der Waals surface area contributed by atoms with Crippen LogP contribution in [0.1, 0.15) is 12.8 Å². The second-order valence-electron chi connectivity index (χ2n) is 3.68. The minimum absolute atomic E-state index is 0.213.